The largest absolute Gasteiger partial charge is 0.377 e. The molecular formula is C27H36N4O. The second kappa shape index (κ2) is 8.97. The molecule has 2 aromatic heterocycles. The maximum Gasteiger partial charge on any atom is 0.120 e. The van der Waals surface area contributed by atoms with Crippen molar-refractivity contribution in [3.8, 4) is 11.3 Å². The van der Waals surface area contributed by atoms with Crippen LogP contribution in [0.15, 0.2) is 36.5 Å². The van der Waals surface area contributed by atoms with Crippen molar-refractivity contribution in [1.82, 2.24) is 20.2 Å². The highest BCUT2D eigenvalue weighted by atomic mass is 16.3. The van der Waals surface area contributed by atoms with Crippen molar-refractivity contribution in [1.29, 1.82) is 0 Å². The maximum atomic E-state index is 10.4. The second-order valence-corrected chi connectivity index (χ2v) is 9.98. The minimum atomic E-state index is -0.375. The number of aliphatic hydroxyl groups is 1. The number of aliphatic hydroxyl groups excluding tert-OH is 1. The van der Waals surface area contributed by atoms with Crippen LogP contribution in [0.25, 0.3) is 22.2 Å². The highest BCUT2D eigenvalue weighted by molar-refractivity contribution is 5.92. The molecule has 1 aromatic carbocycles. The number of likely N-dealkylation sites (tertiary alicyclic amines) is 1. The predicted molar refractivity (Wildman–Crippen MR) is 131 cm³/mol. The summed E-state index contributed by atoms with van der Waals surface area (Å²) in [5.41, 5.74) is 7.56. The average Bonchev–Trinajstić information content (AvgIpc) is 3.19. The Labute approximate surface area is 191 Å². The first-order chi connectivity index (χ1) is 15.5. The van der Waals surface area contributed by atoms with E-state index in [1.807, 2.05) is 13.1 Å². The first-order valence-corrected chi connectivity index (χ1v) is 12.3. The van der Waals surface area contributed by atoms with E-state index in [1.54, 1.807) is 0 Å². The Kier molecular flexibility index (Phi) is 6.06. The molecule has 0 spiro atoms. The molecular weight excluding hydrogens is 396 g/mol. The summed E-state index contributed by atoms with van der Waals surface area (Å²) >= 11 is 0. The quantitative estimate of drug-likeness (QED) is 0.548. The van der Waals surface area contributed by atoms with Crippen molar-refractivity contribution in [2.75, 3.05) is 19.6 Å². The van der Waals surface area contributed by atoms with Crippen LogP contribution in [-0.2, 0) is 0 Å². The van der Waals surface area contributed by atoms with Gasteiger partial charge in [-0.3, -0.25) is 15.2 Å². The summed E-state index contributed by atoms with van der Waals surface area (Å²) in [7, 11) is 0. The lowest BCUT2D eigenvalue weighted by molar-refractivity contribution is -0.00461. The van der Waals surface area contributed by atoms with Gasteiger partial charge in [0.05, 0.1) is 5.69 Å². The Hall–Kier alpha value is -2.21. The topological polar surface area (TPSA) is 64.2 Å². The smallest absolute Gasteiger partial charge is 0.120 e. The average molecular weight is 433 g/mol. The van der Waals surface area contributed by atoms with Crippen LogP contribution in [0.5, 0.6) is 0 Å². The van der Waals surface area contributed by atoms with E-state index in [0.29, 0.717) is 11.8 Å². The van der Waals surface area contributed by atoms with Crippen molar-refractivity contribution >= 4 is 10.9 Å². The molecule has 5 heteroatoms. The fourth-order valence-electron chi connectivity index (χ4n) is 5.81. The molecule has 3 aromatic rings. The molecule has 0 amide bonds. The molecule has 32 heavy (non-hydrogen) atoms. The number of benzene rings is 1. The number of aromatic nitrogens is 2. The van der Waals surface area contributed by atoms with Gasteiger partial charge in [-0.15, -0.1) is 0 Å². The third-order valence-corrected chi connectivity index (χ3v) is 7.49. The van der Waals surface area contributed by atoms with Gasteiger partial charge >= 0.3 is 0 Å². The van der Waals surface area contributed by atoms with E-state index in [-0.39, 0.29) is 12.3 Å². The number of piperidine rings is 2. The fraction of sp³-hybridized carbons (Fsp3) is 0.519. The lowest BCUT2D eigenvalue weighted by Gasteiger charge is -2.41. The third-order valence-electron chi connectivity index (χ3n) is 7.49. The van der Waals surface area contributed by atoms with Gasteiger partial charge < -0.3 is 10.1 Å². The van der Waals surface area contributed by atoms with Gasteiger partial charge in [-0.2, -0.15) is 0 Å². The molecule has 2 atom stereocenters. The summed E-state index contributed by atoms with van der Waals surface area (Å²) in [6.07, 6.45) is 6.10. The molecule has 0 aliphatic carbocycles. The van der Waals surface area contributed by atoms with E-state index in [9.17, 15) is 5.11 Å². The number of nitrogens with zero attached hydrogens (tertiary/aromatic N) is 2. The highest BCUT2D eigenvalue weighted by Crippen LogP contribution is 2.38. The zero-order valence-corrected chi connectivity index (χ0v) is 19.6. The van der Waals surface area contributed by atoms with Crippen molar-refractivity contribution < 1.29 is 5.11 Å². The van der Waals surface area contributed by atoms with Crippen molar-refractivity contribution in [2.24, 2.45) is 0 Å². The van der Waals surface area contributed by atoms with Crippen molar-refractivity contribution in [2.45, 2.75) is 70.6 Å². The molecule has 5 rings (SSSR count). The number of aromatic amines is 1. The molecule has 170 valence electrons. The van der Waals surface area contributed by atoms with Crippen LogP contribution in [0, 0.1) is 6.92 Å². The van der Waals surface area contributed by atoms with Crippen LogP contribution >= 0.6 is 0 Å². The lowest BCUT2D eigenvalue weighted by Crippen LogP contribution is -2.55. The predicted octanol–water partition coefficient (Wildman–Crippen LogP) is 4.91. The van der Waals surface area contributed by atoms with E-state index in [2.05, 4.69) is 64.4 Å². The van der Waals surface area contributed by atoms with Gasteiger partial charge in [0, 0.05) is 34.4 Å². The van der Waals surface area contributed by atoms with Gasteiger partial charge in [0.1, 0.15) is 6.23 Å². The number of rotatable bonds is 4. The number of aryl methyl sites for hydroxylation is 1. The van der Waals surface area contributed by atoms with Crippen molar-refractivity contribution in [3.05, 3.63) is 53.3 Å². The number of nitrogens with one attached hydrogen (secondary N) is 2. The summed E-state index contributed by atoms with van der Waals surface area (Å²) < 4.78 is 0. The van der Waals surface area contributed by atoms with E-state index < -0.39 is 0 Å². The monoisotopic (exact) mass is 432 g/mol. The maximum absolute atomic E-state index is 10.4. The van der Waals surface area contributed by atoms with Crippen LogP contribution in [0.4, 0.5) is 0 Å². The number of fused-ring (bicyclic) bond motifs is 1. The molecule has 0 saturated carbocycles. The second-order valence-electron chi connectivity index (χ2n) is 9.98. The summed E-state index contributed by atoms with van der Waals surface area (Å²) in [5.74, 6) is 1.02. The number of hydrogen-bond acceptors (Lipinski definition) is 4. The van der Waals surface area contributed by atoms with Crippen LogP contribution in [0.3, 0.4) is 0 Å². The Morgan fingerprint density at radius 2 is 1.91 bits per heavy atom. The molecule has 5 nitrogen and oxygen atoms in total. The summed E-state index contributed by atoms with van der Waals surface area (Å²) in [4.78, 5) is 10.6. The van der Waals surface area contributed by atoms with Crippen LogP contribution in [0.1, 0.15) is 68.2 Å². The Bertz CT molecular complexity index is 1080. The normalized spacial score (nSPS) is 23.3. The zero-order valence-electron chi connectivity index (χ0n) is 19.6. The van der Waals surface area contributed by atoms with Crippen LogP contribution in [0.2, 0.25) is 0 Å². The summed E-state index contributed by atoms with van der Waals surface area (Å²) in [6, 6.07) is 11.6. The number of pyridine rings is 1. The van der Waals surface area contributed by atoms with E-state index >= 15 is 0 Å². The number of hydrogen-bond donors (Lipinski definition) is 3. The molecule has 0 bridgehead atoms. The molecule has 2 fully saturated rings. The van der Waals surface area contributed by atoms with Crippen LogP contribution in [-0.4, -0.2) is 51.9 Å². The van der Waals surface area contributed by atoms with Gasteiger partial charge in [-0.1, -0.05) is 19.9 Å². The minimum Gasteiger partial charge on any atom is -0.377 e. The van der Waals surface area contributed by atoms with Gasteiger partial charge in [-0.05, 0) is 99.5 Å². The van der Waals surface area contributed by atoms with Crippen molar-refractivity contribution in [3.63, 3.8) is 0 Å². The van der Waals surface area contributed by atoms with E-state index in [4.69, 9.17) is 0 Å². The first-order valence-electron chi connectivity index (χ1n) is 12.3. The van der Waals surface area contributed by atoms with Gasteiger partial charge in [0.2, 0.25) is 0 Å². The van der Waals surface area contributed by atoms with Gasteiger partial charge in [0.15, 0.2) is 0 Å². The third kappa shape index (κ3) is 4.09. The summed E-state index contributed by atoms with van der Waals surface area (Å²) in [5, 5.41) is 15.0. The standard InChI is InChI=1S/C27H36N4O/c1-17(2)25-22-16-20(6-7-23(22)30-26(25)21-8-12-28-18(3)15-21)19-9-13-31(14-10-19)24-5-4-11-29-27(24)32/h6-8,12,15-17,19,24,27,29-30,32H,4-5,9-11,13-14H2,1-3H3. The van der Waals surface area contributed by atoms with Gasteiger partial charge in [0.25, 0.3) is 0 Å². The molecule has 2 unspecified atom stereocenters. The molecule has 2 aliphatic rings. The molecule has 0 radical (unpaired) electrons. The highest BCUT2D eigenvalue weighted by Gasteiger charge is 2.32. The fourth-order valence-corrected chi connectivity index (χ4v) is 5.81. The lowest BCUT2D eigenvalue weighted by atomic mass is 9.86. The van der Waals surface area contributed by atoms with E-state index in [1.165, 1.54) is 33.3 Å². The SMILES string of the molecule is Cc1cc(-c2[nH]c3ccc(C4CCN(C5CCCNC5O)CC4)cc3c2C(C)C)ccn1. The van der Waals surface area contributed by atoms with E-state index in [0.717, 1.165) is 51.0 Å². The Morgan fingerprint density at radius 3 is 2.62 bits per heavy atom. The number of H-pyrrole nitrogens is 1. The molecule has 2 saturated heterocycles. The minimum absolute atomic E-state index is 0.274. The Balaban J connectivity index is 1.41. The summed E-state index contributed by atoms with van der Waals surface area (Å²) in [6.45, 7) is 9.69. The molecule has 4 heterocycles. The molecule has 2 aliphatic heterocycles. The van der Waals surface area contributed by atoms with Crippen LogP contribution < -0.4 is 5.32 Å². The molecule has 3 N–H and O–H groups in total. The first kappa shape index (κ1) is 21.6. The zero-order chi connectivity index (χ0) is 22.2. The van der Waals surface area contributed by atoms with Gasteiger partial charge in [-0.25, -0.2) is 0 Å². The Morgan fingerprint density at radius 1 is 1.09 bits per heavy atom.